The van der Waals surface area contributed by atoms with Crippen molar-refractivity contribution in [2.45, 2.75) is 128 Å². The molecule has 0 bridgehead atoms. The number of hydrogen-bond acceptors (Lipinski definition) is 41. The highest BCUT2D eigenvalue weighted by Gasteiger charge is 2.48. The third kappa shape index (κ3) is 39.6. The first-order chi connectivity index (χ1) is 69.5. The Kier molecular flexibility index (Phi) is 52.5. The van der Waals surface area contributed by atoms with Crippen molar-refractivity contribution in [1.82, 2.24) is 26.5 Å². The van der Waals surface area contributed by atoms with Crippen LogP contribution < -0.4 is 71.1 Å². The number of oxime groups is 2. The van der Waals surface area contributed by atoms with Crippen LogP contribution in [0.15, 0.2) is 83.1 Å². The summed E-state index contributed by atoms with van der Waals surface area (Å²) in [5.74, 6) is 11.1. The van der Waals surface area contributed by atoms with E-state index in [2.05, 4.69) is 34.1 Å². The molecule has 1 saturated heterocycles. The Bertz CT molecular complexity index is 4680. The highest BCUT2D eigenvalue weighted by atomic mass is 16.7. The van der Waals surface area contributed by atoms with Gasteiger partial charge < -0.3 is 154 Å². The summed E-state index contributed by atoms with van der Waals surface area (Å²) in [4.78, 5) is 97.6. The van der Waals surface area contributed by atoms with Gasteiger partial charge in [0.05, 0.1) is 264 Å². The maximum atomic E-state index is 12.7. The molecule has 4 aromatic rings. The summed E-state index contributed by atoms with van der Waals surface area (Å²) in [6, 6.07) is 14.8. The van der Waals surface area contributed by atoms with Crippen LogP contribution in [0.25, 0.3) is 0 Å². The topological polar surface area (TPSA) is 547 Å². The van der Waals surface area contributed by atoms with Gasteiger partial charge >= 0.3 is 12.1 Å². The van der Waals surface area contributed by atoms with Gasteiger partial charge in [0.25, 0.3) is 23.6 Å². The second kappa shape index (κ2) is 64.8. The van der Waals surface area contributed by atoms with Crippen LogP contribution in [0.4, 0.5) is 4.79 Å². The lowest BCUT2D eigenvalue weighted by Crippen LogP contribution is -2.43. The van der Waals surface area contributed by atoms with Crippen LogP contribution in [0.5, 0.6) is 46.0 Å². The molecule has 7 aliphatic heterocycles. The highest BCUT2D eigenvalue weighted by molar-refractivity contribution is 6.10. The van der Waals surface area contributed by atoms with E-state index in [1.54, 1.807) is 47.1 Å². The van der Waals surface area contributed by atoms with E-state index >= 15 is 0 Å². The smallest absolute Gasteiger partial charge is 0.421 e. The fourth-order valence-electron chi connectivity index (χ4n) is 14.8. The molecule has 46 nitrogen and oxygen atoms in total. The van der Waals surface area contributed by atoms with Crippen LogP contribution in [0.1, 0.15) is 117 Å². The van der Waals surface area contributed by atoms with Gasteiger partial charge in [0, 0.05) is 83.3 Å². The normalized spacial score (nSPS) is 17.5. The number of hydroxylamine groups is 2. The summed E-state index contributed by atoms with van der Waals surface area (Å²) < 4.78 is 141. The second-order valence-corrected chi connectivity index (χ2v) is 33.5. The number of nitrogens with zero attached hydrogens (tertiary/aromatic N) is 3. The number of aliphatic hydroxyl groups excluding tert-OH is 2. The number of amides is 6. The van der Waals surface area contributed by atoms with Crippen molar-refractivity contribution in [3.05, 3.63) is 117 Å². The van der Waals surface area contributed by atoms with E-state index in [4.69, 9.17) is 145 Å². The molecule has 7 aliphatic rings. The Morgan fingerprint density at radius 3 is 1.07 bits per heavy atom. The average Bonchev–Trinajstić information content (AvgIpc) is 1.73. The summed E-state index contributed by atoms with van der Waals surface area (Å²) in [6.45, 7) is 29.5. The highest BCUT2D eigenvalue weighted by Crippen LogP contribution is 2.52. The minimum Gasteiger partial charge on any atom is -0.496 e. The molecule has 0 saturated carbocycles. The van der Waals surface area contributed by atoms with Gasteiger partial charge in [0.15, 0.2) is 13.2 Å². The van der Waals surface area contributed by atoms with Gasteiger partial charge in [0.2, 0.25) is 5.91 Å². The zero-order valence-electron chi connectivity index (χ0n) is 82.7. The molecule has 6 amide bonds. The number of rotatable bonds is 67. The Balaban J connectivity index is 0.000000294. The summed E-state index contributed by atoms with van der Waals surface area (Å²) in [7, 11) is 3.08. The molecule has 0 aromatic heterocycles. The molecule has 0 unspecified atom stereocenters. The third-order valence-corrected chi connectivity index (χ3v) is 21.8. The summed E-state index contributed by atoms with van der Waals surface area (Å²) in [5, 5.41) is 35.1. The second-order valence-electron chi connectivity index (χ2n) is 33.5. The molecule has 4 aromatic carbocycles. The standard InChI is InChI=1S/C48H65N3O19.C44H64N4O16.C5H12N2O2/c1-32(2)38-28-36-37(68-38)5-4-34-47(46-35-27-39(57-3)33(29-52)26-40(35)66-30-41(46)69-48(34)36)50-67-31-42(53)49-9-11-59-13-15-61-17-19-63-21-23-65-25-24-64-22-20-62-18-16-60-14-12-58-10-8-45(56)70-51-43(54)6-7-44(51)55;1-30(2)36-26-34-35(63-36)5-4-32-43(42-33-25-37(52-3)31(27-49)24-38(33)61-28-39(42)64-44(32)34)48-62-29-41(51)46-7-9-54-11-13-56-15-17-58-19-21-60-23-22-59-20-18-57-16-14-55-12-10-53-8-6-40(50)47-45;1-5(2,3)9-4(8)7-6/h4-5,26-27,38,41,46,52H,1,6-25,28-31H2,2-3H3,(H,49,53);4-5,24-25,36,39,42,49H,1,6-23,26-29,45H2,2-3H3,(H,46,51)(H,47,50);6H2,1-3H3,(H,7,8)/b50-47+;48-43+;/t38-,41-,46+;36-,39-,42+;/m11./s1. The Hall–Kier alpha value is -10.8. The molecule has 10 N–H and O–H groups in total. The molecule has 143 heavy (non-hydrogen) atoms. The summed E-state index contributed by atoms with van der Waals surface area (Å²) >= 11 is 0. The number of aliphatic hydroxyl groups is 2. The SMILES string of the molecule is C=C(C)[C@H]1Cc2c(ccc3c2O[C@@H]2COc4cc(CO)c(OC)cc4[C@@H]2/C3=N/OCC(=O)NCCOCCOCCOCCOCCOCCOCCOCCOCCC(=O)NN)O1.C=C(C)[C@H]1Cc2c(ccc3c2O[C@@H]2COc4cc(CO)c(OC)cc4[C@@H]2/C3=N/OCC(=O)NCCOCCOCCOCCOCCOCCOCCOCCOCCC(=O)ON2C(=O)CCC2=O)O1.CC(C)(C)OC(=O)NN. The van der Waals surface area contributed by atoms with Gasteiger partial charge in [-0.2, -0.15) is 0 Å². The monoisotopic (exact) mass is 2020 g/mol. The Morgan fingerprint density at radius 1 is 0.441 bits per heavy atom. The van der Waals surface area contributed by atoms with E-state index < -0.39 is 53.5 Å². The maximum Gasteiger partial charge on any atom is 0.421 e. The van der Waals surface area contributed by atoms with E-state index in [9.17, 15) is 43.8 Å². The number of carbonyl (C=O) groups excluding carboxylic acids is 7. The molecular formula is C97H141N9O37. The largest absolute Gasteiger partial charge is 0.496 e. The van der Waals surface area contributed by atoms with E-state index in [0.717, 1.165) is 56.0 Å². The molecule has 1 fully saturated rings. The van der Waals surface area contributed by atoms with Crippen molar-refractivity contribution in [3.8, 4) is 46.0 Å². The number of ether oxygens (including phenoxy) is 25. The fourth-order valence-corrected chi connectivity index (χ4v) is 14.8. The van der Waals surface area contributed by atoms with E-state index in [0.29, 0.717) is 267 Å². The van der Waals surface area contributed by atoms with E-state index in [1.165, 1.54) is 0 Å². The average molecular weight is 2030 g/mol. The van der Waals surface area contributed by atoms with Gasteiger partial charge in [-0.3, -0.25) is 34.8 Å². The quantitative estimate of drug-likeness (QED) is 0.00780. The van der Waals surface area contributed by atoms with Crippen molar-refractivity contribution in [2.75, 3.05) is 265 Å². The minimum absolute atomic E-state index is 0.0469. The van der Waals surface area contributed by atoms with Crippen molar-refractivity contribution in [2.24, 2.45) is 22.0 Å². The van der Waals surface area contributed by atoms with Crippen LogP contribution in [0.3, 0.4) is 0 Å². The van der Waals surface area contributed by atoms with E-state index in [1.807, 2.05) is 61.1 Å². The van der Waals surface area contributed by atoms with Gasteiger partial charge in [0.1, 0.15) is 101 Å². The molecule has 11 rings (SSSR count). The van der Waals surface area contributed by atoms with Crippen molar-refractivity contribution >= 4 is 53.0 Å². The predicted octanol–water partition coefficient (Wildman–Crippen LogP) is 3.71. The number of hydrazine groups is 2. The lowest BCUT2D eigenvalue weighted by atomic mass is 9.80. The number of nitrogens with one attached hydrogen (secondary N) is 4. The molecule has 0 spiro atoms. The third-order valence-electron chi connectivity index (χ3n) is 21.8. The Morgan fingerprint density at radius 2 is 0.769 bits per heavy atom. The van der Waals surface area contributed by atoms with Gasteiger partial charge in [-0.1, -0.05) is 23.5 Å². The lowest BCUT2D eigenvalue weighted by molar-refractivity contribution is -0.198. The summed E-state index contributed by atoms with van der Waals surface area (Å²) in [5.41, 5.74) is 12.4. The molecule has 46 heteroatoms. The Labute approximate surface area is 831 Å². The molecular weight excluding hydrogens is 1880 g/mol. The van der Waals surface area contributed by atoms with Crippen LogP contribution in [-0.2, 0) is 150 Å². The molecule has 796 valence electrons. The lowest BCUT2D eigenvalue weighted by Gasteiger charge is -2.39. The maximum absolute atomic E-state index is 12.7. The molecule has 0 radical (unpaired) electrons. The number of benzene rings is 4. The van der Waals surface area contributed by atoms with Gasteiger partial charge in [-0.05, 0) is 94.3 Å². The number of carbonyl (C=O) groups is 7. The van der Waals surface area contributed by atoms with Crippen LogP contribution in [-0.4, -0.2) is 363 Å². The van der Waals surface area contributed by atoms with Crippen molar-refractivity contribution < 1.29 is 177 Å². The zero-order valence-corrected chi connectivity index (χ0v) is 82.7. The van der Waals surface area contributed by atoms with Crippen molar-refractivity contribution in [1.29, 1.82) is 0 Å². The van der Waals surface area contributed by atoms with Gasteiger partial charge in [-0.25, -0.2) is 21.3 Å². The fraction of sp³-hybridized carbons (Fsp3) is 0.619. The van der Waals surface area contributed by atoms with Crippen molar-refractivity contribution in [3.63, 3.8) is 0 Å². The van der Waals surface area contributed by atoms with Gasteiger partial charge in [-0.15, -0.1) is 5.06 Å². The molecule has 7 heterocycles. The molecule has 0 aliphatic carbocycles. The molecule has 6 atom stereocenters. The summed E-state index contributed by atoms with van der Waals surface area (Å²) in [6.07, 6.45) is -0.448. The number of methoxy groups -OCH3 is 2. The first kappa shape index (κ1) is 116. The predicted molar refractivity (Wildman–Crippen MR) is 508 cm³/mol. The van der Waals surface area contributed by atoms with Crippen LogP contribution in [0, 0.1) is 0 Å². The van der Waals surface area contributed by atoms with E-state index in [-0.39, 0.29) is 128 Å². The first-order valence-corrected chi connectivity index (χ1v) is 47.6. The van der Waals surface area contributed by atoms with Crippen LogP contribution >= 0.6 is 0 Å². The first-order valence-electron chi connectivity index (χ1n) is 47.6. The zero-order chi connectivity index (χ0) is 102. The number of fused-ring (bicyclic) bond motifs is 12. The minimum atomic E-state index is -0.711. The number of nitrogens with two attached hydrogens (primary N) is 2. The van der Waals surface area contributed by atoms with Crippen LogP contribution in [0.2, 0.25) is 0 Å². The number of imide groups is 1. The number of hydrogen-bond donors (Lipinski definition) is 8.